The van der Waals surface area contributed by atoms with Crippen LogP contribution in [0.4, 0.5) is 13.2 Å². The van der Waals surface area contributed by atoms with Crippen LogP contribution < -0.4 is 5.32 Å². The van der Waals surface area contributed by atoms with Gasteiger partial charge in [-0.3, -0.25) is 0 Å². The van der Waals surface area contributed by atoms with E-state index in [9.17, 15) is 13.2 Å². The predicted molar refractivity (Wildman–Crippen MR) is 79.4 cm³/mol. The summed E-state index contributed by atoms with van der Waals surface area (Å²) in [5.74, 6) is 0. The molecule has 0 radical (unpaired) electrons. The van der Waals surface area contributed by atoms with Gasteiger partial charge in [-0.15, -0.1) is 0 Å². The lowest BCUT2D eigenvalue weighted by Gasteiger charge is -2.10. The summed E-state index contributed by atoms with van der Waals surface area (Å²) >= 11 is -0.0952. The van der Waals surface area contributed by atoms with Crippen LogP contribution in [0.1, 0.15) is 5.56 Å². The van der Waals surface area contributed by atoms with Crippen molar-refractivity contribution >= 4 is 11.8 Å². The smallest absolute Gasteiger partial charge is 0.379 e. The molecule has 1 aromatic carbocycles. The van der Waals surface area contributed by atoms with Gasteiger partial charge in [-0.2, -0.15) is 13.2 Å². The summed E-state index contributed by atoms with van der Waals surface area (Å²) in [6.45, 7) is 3.53. The monoisotopic (exact) mass is 322 g/mol. The van der Waals surface area contributed by atoms with Gasteiger partial charge in [0.1, 0.15) is 0 Å². The molecule has 1 rings (SSSR count). The Morgan fingerprint density at radius 1 is 1.14 bits per heavy atom. The van der Waals surface area contributed by atoms with Crippen molar-refractivity contribution in [3.05, 3.63) is 29.8 Å². The van der Waals surface area contributed by atoms with E-state index >= 15 is 0 Å². The minimum Gasteiger partial charge on any atom is -0.379 e. The number of hydrogen-bond acceptors (Lipinski definition) is 4. The Morgan fingerprint density at radius 3 is 2.38 bits per heavy atom. The molecule has 0 fully saturated rings. The standard InChI is InChI=1S/C14H21F3N2OS/c1-19(2)8-10-20-9-7-18-11-12-3-5-13(6-4-12)21-14(15,16)17/h3-6,18H,7-11H2,1-2H3. The highest BCUT2D eigenvalue weighted by Gasteiger charge is 2.28. The number of rotatable bonds is 9. The molecule has 0 heterocycles. The first-order valence-corrected chi connectivity index (χ1v) is 7.46. The fourth-order valence-corrected chi connectivity index (χ4v) is 2.07. The van der Waals surface area contributed by atoms with Gasteiger partial charge in [0.05, 0.1) is 13.2 Å². The summed E-state index contributed by atoms with van der Waals surface area (Å²) in [6, 6.07) is 6.38. The van der Waals surface area contributed by atoms with Crippen molar-refractivity contribution in [2.75, 3.05) is 40.4 Å². The molecule has 21 heavy (non-hydrogen) atoms. The quantitative estimate of drug-likeness (QED) is 0.558. The van der Waals surface area contributed by atoms with Crippen LogP contribution in [0, 0.1) is 0 Å². The number of nitrogens with one attached hydrogen (secondary N) is 1. The molecule has 0 aliphatic carbocycles. The lowest BCUT2D eigenvalue weighted by atomic mass is 10.2. The summed E-state index contributed by atoms with van der Waals surface area (Å²) in [5.41, 5.74) is -3.28. The van der Waals surface area contributed by atoms with E-state index in [1.807, 2.05) is 19.0 Å². The minimum atomic E-state index is -4.23. The maximum Gasteiger partial charge on any atom is 0.446 e. The van der Waals surface area contributed by atoms with Crippen LogP contribution in [-0.4, -0.2) is 50.8 Å². The molecule has 0 spiro atoms. The summed E-state index contributed by atoms with van der Waals surface area (Å²) < 4.78 is 42.0. The molecule has 0 amide bonds. The molecule has 0 atom stereocenters. The zero-order valence-corrected chi connectivity index (χ0v) is 13.1. The van der Waals surface area contributed by atoms with Crippen molar-refractivity contribution in [3.8, 4) is 0 Å². The number of hydrogen-bond donors (Lipinski definition) is 1. The molecule has 0 bridgehead atoms. The molecule has 0 saturated heterocycles. The third-order valence-electron chi connectivity index (χ3n) is 2.59. The van der Waals surface area contributed by atoms with Crippen LogP contribution in [0.25, 0.3) is 0 Å². The van der Waals surface area contributed by atoms with Crippen molar-refractivity contribution in [1.29, 1.82) is 0 Å². The summed E-state index contributed by atoms with van der Waals surface area (Å²) in [4.78, 5) is 2.26. The van der Waals surface area contributed by atoms with Crippen molar-refractivity contribution in [3.63, 3.8) is 0 Å². The molecule has 7 heteroatoms. The molecule has 0 unspecified atom stereocenters. The number of thioether (sulfide) groups is 1. The van der Waals surface area contributed by atoms with Gasteiger partial charge in [0.2, 0.25) is 0 Å². The van der Waals surface area contributed by atoms with Gasteiger partial charge in [0, 0.05) is 24.5 Å². The fraction of sp³-hybridized carbons (Fsp3) is 0.571. The van der Waals surface area contributed by atoms with E-state index in [-0.39, 0.29) is 16.7 Å². The van der Waals surface area contributed by atoms with Crippen LogP contribution in [0.5, 0.6) is 0 Å². The highest BCUT2D eigenvalue weighted by atomic mass is 32.2. The van der Waals surface area contributed by atoms with E-state index in [0.29, 0.717) is 26.3 Å². The van der Waals surface area contributed by atoms with Gasteiger partial charge in [-0.05, 0) is 43.6 Å². The molecule has 3 nitrogen and oxygen atoms in total. The van der Waals surface area contributed by atoms with E-state index < -0.39 is 5.51 Å². The lowest BCUT2D eigenvalue weighted by Crippen LogP contribution is -2.23. The molecule has 0 aromatic heterocycles. The molecule has 0 saturated carbocycles. The Kier molecular flexibility index (Phi) is 8.10. The van der Waals surface area contributed by atoms with Crippen LogP contribution >= 0.6 is 11.8 Å². The number of benzene rings is 1. The average Bonchev–Trinajstić information content (AvgIpc) is 2.37. The van der Waals surface area contributed by atoms with Crippen LogP contribution in [0.3, 0.4) is 0 Å². The first-order valence-electron chi connectivity index (χ1n) is 6.65. The second-order valence-corrected chi connectivity index (χ2v) is 5.92. The first-order chi connectivity index (χ1) is 9.87. The maximum atomic E-state index is 12.2. The van der Waals surface area contributed by atoms with E-state index in [4.69, 9.17) is 4.74 Å². The van der Waals surface area contributed by atoms with Gasteiger partial charge in [0.15, 0.2) is 0 Å². The highest BCUT2D eigenvalue weighted by molar-refractivity contribution is 8.00. The lowest BCUT2D eigenvalue weighted by molar-refractivity contribution is -0.0328. The number of likely N-dealkylation sites (N-methyl/N-ethyl adjacent to an activating group) is 1. The molecule has 0 aliphatic heterocycles. The Hall–Kier alpha value is -0.760. The summed E-state index contributed by atoms with van der Waals surface area (Å²) in [7, 11) is 3.98. The molecule has 1 aromatic rings. The Morgan fingerprint density at radius 2 is 1.81 bits per heavy atom. The molecular weight excluding hydrogens is 301 g/mol. The third-order valence-corrected chi connectivity index (χ3v) is 3.33. The van der Waals surface area contributed by atoms with Crippen molar-refractivity contribution in [2.45, 2.75) is 16.9 Å². The predicted octanol–water partition coefficient (Wildman–Crippen LogP) is 2.97. The van der Waals surface area contributed by atoms with Gasteiger partial charge in [0.25, 0.3) is 0 Å². The van der Waals surface area contributed by atoms with E-state index in [1.54, 1.807) is 12.1 Å². The van der Waals surface area contributed by atoms with Crippen LogP contribution in [0.15, 0.2) is 29.2 Å². The zero-order valence-electron chi connectivity index (χ0n) is 12.2. The normalized spacial score (nSPS) is 12.1. The minimum absolute atomic E-state index is 0.0952. The van der Waals surface area contributed by atoms with Gasteiger partial charge < -0.3 is 15.0 Å². The van der Waals surface area contributed by atoms with E-state index in [1.165, 1.54) is 12.1 Å². The maximum absolute atomic E-state index is 12.2. The van der Waals surface area contributed by atoms with Gasteiger partial charge >= 0.3 is 5.51 Å². The van der Waals surface area contributed by atoms with Gasteiger partial charge in [-0.25, -0.2) is 0 Å². The van der Waals surface area contributed by atoms with Crippen LogP contribution in [0.2, 0.25) is 0 Å². The Bertz CT molecular complexity index is 396. The average molecular weight is 322 g/mol. The summed E-state index contributed by atoms with van der Waals surface area (Å²) in [6.07, 6.45) is 0. The molecule has 120 valence electrons. The van der Waals surface area contributed by atoms with Crippen LogP contribution in [-0.2, 0) is 11.3 Å². The van der Waals surface area contributed by atoms with E-state index in [2.05, 4.69) is 5.32 Å². The Labute approximate surface area is 127 Å². The van der Waals surface area contributed by atoms with Crippen molar-refractivity contribution in [1.82, 2.24) is 10.2 Å². The largest absolute Gasteiger partial charge is 0.446 e. The topological polar surface area (TPSA) is 24.5 Å². The SMILES string of the molecule is CN(C)CCOCCNCc1ccc(SC(F)(F)F)cc1. The second kappa shape index (κ2) is 9.30. The highest BCUT2D eigenvalue weighted by Crippen LogP contribution is 2.36. The second-order valence-electron chi connectivity index (χ2n) is 4.78. The number of halogens is 3. The summed E-state index contributed by atoms with van der Waals surface area (Å²) in [5, 5.41) is 3.19. The van der Waals surface area contributed by atoms with Crippen molar-refractivity contribution in [2.24, 2.45) is 0 Å². The zero-order chi connectivity index (χ0) is 15.7. The Balaban J connectivity index is 2.15. The molecule has 1 N–H and O–H groups in total. The van der Waals surface area contributed by atoms with Crippen molar-refractivity contribution < 1.29 is 17.9 Å². The fourth-order valence-electron chi connectivity index (χ4n) is 1.54. The van der Waals surface area contributed by atoms with Gasteiger partial charge in [-0.1, -0.05) is 12.1 Å². The first kappa shape index (κ1) is 18.3. The van der Waals surface area contributed by atoms with E-state index in [0.717, 1.165) is 12.1 Å². The number of nitrogens with zero attached hydrogens (tertiary/aromatic N) is 1. The molecule has 0 aliphatic rings. The number of ether oxygens (including phenoxy) is 1. The number of alkyl halides is 3. The third kappa shape index (κ3) is 9.73. The molecular formula is C14H21F3N2OS.